The summed E-state index contributed by atoms with van der Waals surface area (Å²) in [6.45, 7) is 7.77. The van der Waals surface area contributed by atoms with Crippen LogP contribution in [0, 0.1) is 5.41 Å². The molecule has 1 unspecified atom stereocenters. The van der Waals surface area contributed by atoms with Crippen LogP contribution in [0.2, 0.25) is 0 Å². The zero-order valence-corrected chi connectivity index (χ0v) is 9.69. The van der Waals surface area contributed by atoms with E-state index in [0.29, 0.717) is 6.42 Å². The van der Waals surface area contributed by atoms with Crippen molar-refractivity contribution in [1.29, 1.82) is 0 Å². The maximum atomic E-state index is 14.1. The lowest BCUT2D eigenvalue weighted by molar-refractivity contribution is -0.132. The smallest absolute Gasteiger partial charge is 0.255 e. The predicted molar refractivity (Wildman–Crippen MR) is 56.6 cm³/mol. The molecule has 0 aliphatic heterocycles. The molecular formula is C11H22FNO. The standard InChI is InChI=1S/C11H22FNO/c1-5-7-11(12,9(13)14)8-10(3,4)6-2/h5-8H2,1-4H3,(H2,13,14). The van der Waals surface area contributed by atoms with Gasteiger partial charge in [0.2, 0.25) is 0 Å². The number of primary amides is 1. The fourth-order valence-corrected chi connectivity index (χ4v) is 1.58. The van der Waals surface area contributed by atoms with E-state index in [4.69, 9.17) is 5.73 Å². The van der Waals surface area contributed by atoms with E-state index in [1.807, 2.05) is 27.7 Å². The van der Waals surface area contributed by atoms with Crippen molar-refractivity contribution in [3.8, 4) is 0 Å². The Labute approximate surface area is 86.1 Å². The molecule has 0 aromatic heterocycles. The highest BCUT2D eigenvalue weighted by molar-refractivity contribution is 5.83. The van der Waals surface area contributed by atoms with Crippen LogP contribution in [0.25, 0.3) is 0 Å². The molecule has 0 aliphatic rings. The fourth-order valence-electron chi connectivity index (χ4n) is 1.58. The van der Waals surface area contributed by atoms with E-state index in [1.54, 1.807) is 0 Å². The van der Waals surface area contributed by atoms with Crippen LogP contribution in [0.4, 0.5) is 4.39 Å². The number of alkyl halides is 1. The summed E-state index contributed by atoms with van der Waals surface area (Å²) in [4.78, 5) is 11.1. The van der Waals surface area contributed by atoms with Gasteiger partial charge in [-0.15, -0.1) is 0 Å². The van der Waals surface area contributed by atoms with Crippen LogP contribution in [0.3, 0.4) is 0 Å². The first-order valence-corrected chi connectivity index (χ1v) is 5.26. The van der Waals surface area contributed by atoms with Gasteiger partial charge >= 0.3 is 0 Å². The molecule has 0 aromatic rings. The highest BCUT2D eigenvalue weighted by Gasteiger charge is 2.40. The molecule has 0 heterocycles. The minimum atomic E-state index is -1.83. The molecule has 0 aromatic carbocycles. The number of amides is 1. The van der Waals surface area contributed by atoms with E-state index in [0.717, 1.165) is 6.42 Å². The fraction of sp³-hybridized carbons (Fsp3) is 0.909. The van der Waals surface area contributed by atoms with Crippen LogP contribution in [0.15, 0.2) is 0 Å². The van der Waals surface area contributed by atoms with Gasteiger partial charge in [0.1, 0.15) is 0 Å². The second-order valence-electron chi connectivity index (χ2n) is 4.77. The Morgan fingerprint density at radius 3 is 2.14 bits per heavy atom. The Bertz CT molecular complexity index is 203. The summed E-state index contributed by atoms with van der Waals surface area (Å²) in [5.74, 6) is -0.819. The Morgan fingerprint density at radius 1 is 1.36 bits per heavy atom. The summed E-state index contributed by atoms with van der Waals surface area (Å²) in [7, 11) is 0. The summed E-state index contributed by atoms with van der Waals surface area (Å²) in [5.41, 5.74) is 3.11. The van der Waals surface area contributed by atoms with Crippen molar-refractivity contribution in [2.24, 2.45) is 11.1 Å². The molecule has 0 saturated heterocycles. The first-order chi connectivity index (χ1) is 6.27. The van der Waals surface area contributed by atoms with Crippen LogP contribution >= 0.6 is 0 Å². The Kier molecular flexibility index (Phi) is 4.56. The van der Waals surface area contributed by atoms with Gasteiger partial charge in [-0.1, -0.05) is 40.5 Å². The Morgan fingerprint density at radius 2 is 1.86 bits per heavy atom. The maximum Gasteiger partial charge on any atom is 0.255 e. The molecule has 0 fully saturated rings. The Balaban J connectivity index is 4.60. The zero-order chi connectivity index (χ0) is 11.4. The number of halogens is 1. The third-order valence-corrected chi connectivity index (χ3v) is 2.80. The molecule has 0 bridgehead atoms. The normalized spacial score (nSPS) is 16.4. The minimum Gasteiger partial charge on any atom is -0.367 e. The van der Waals surface area contributed by atoms with Crippen molar-refractivity contribution in [2.45, 2.75) is 59.0 Å². The number of carbonyl (C=O) groups is 1. The van der Waals surface area contributed by atoms with Crippen LogP contribution in [0.1, 0.15) is 53.4 Å². The third kappa shape index (κ3) is 3.64. The van der Waals surface area contributed by atoms with E-state index in [1.165, 1.54) is 0 Å². The van der Waals surface area contributed by atoms with Crippen molar-refractivity contribution >= 4 is 5.91 Å². The molecule has 3 heteroatoms. The van der Waals surface area contributed by atoms with Crippen LogP contribution in [-0.2, 0) is 4.79 Å². The van der Waals surface area contributed by atoms with Gasteiger partial charge in [0, 0.05) is 0 Å². The monoisotopic (exact) mass is 203 g/mol. The summed E-state index contributed by atoms with van der Waals surface area (Å²) in [6, 6.07) is 0. The molecule has 0 radical (unpaired) electrons. The van der Waals surface area contributed by atoms with E-state index in [-0.39, 0.29) is 18.3 Å². The van der Waals surface area contributed by atoms with Gasteiger partial charge in [-0.05, 0) is 18.3 Å². The van der Waals surface area contributed by atoms with E-state index in [2.05, 4.69) is 0 Å². The van der Waals surface area contributed by atoms with E-state index >= 15 is 0 Å². The number of carbonyl (C=O) groups excluding carboxylic acids is 1. The highest BCUT2D eigenvalue weighted by atomic mass is 19.1. The summed E-state index contributed by atoms with van der Waals surface area (Å²) < 4.78 is 14.1. The average molecular weight is 203 g/mol. The summed E-state index contributed by atoms with van der Waals surface area (Å²) >= 11 is 0. The lowest BCUT2D eigenvalue weighted by Gasteiger charge is -2.31. The molecule has 84 valence electrons. The van der Waals surface area contributed by atoms with Crippen LogP contribution < -0.4 is 5.73 Å². The molecule has 14 heavy (non-hydrogen) atoms. The molecule has 2 N–H and O–H groups in total. The first-order valence-electron chi connectivity index (χ1n) is 5.26. The molecule has 0 spiro atoms. The van der Waals surface area contributed by atoms with Crippen molar-refractivity contribution in [2.75, 3.05) is 0 Å². The molecule has 0 saturated carbocycles. The number of hydrogen-bond acceptors (Lipinski definition) is 1. The molecule has 1 atom stereocenters. The minimum absolute atomic E-state index is 0.168. The largest absolute Gasteiger partial charge is 0.367 e. The van der Waals surface area contributed by atoms with Gasteiger partial charge in [0.05, 0.1) is 0 Å². The Hall–Kier alpha value is -0.600. The molecule has 1 amide bonds. The first kappa shape index (κ1) is 13.4. The molecule has 0 aliphatic carbocycles. The van der Waals surface area contributed by atoms with Crippen molar-refractivity contribution in [3.63, 3.8) is 0 Å². The number of nitrogens with two attached hydrogens (primary N) is 1. The lowest BCUT2D eigenvalue weighted by atomic mass is 9.77. The van der Waals surface area contributed by atoms with Crippen molar-refractivity contribution < 1.29 is 9.18 Å². The third-order valence-electron chi connectivity index (χ3n) is 2.80. The zero-order valence-electron chi connectivity index (χ0n) is 9.69. The predicted octanol–water partition coefficient (Wildman–Crippen LogP) is 2.81. The molecule has 0 rings (SSSR count). The average Bonchev–Trinajstić information content (AvgIpc) is 2.03. The quantitative estimate of drug-likeness (QED) is 0.708. The van der Waals surface area contributed by atoms with Gasteiger partial charge in [-0.25, -0.2) is 4.39 Å². The van der Waals surface area contributed by atoms with Crippen LogP contribution in [0.5, 0.6) is 0 Å². The van der Waals surface area contributed by atoms with Crippen molar-refractivity contribution in [3.05, 3.63) is 0 Å². The van der Waals surface area contributed by atoms with Crippen molar-refractivity contribution in [1.82, 2.24) is 0 Å². The van der Waals surface area contributed by atoms with Gasteiger partial charge in [0.15, 0.2) is 5.67 Å². The number of hydrogen-bond donors (Lipinski definition) is 1. The SMILES string of the molecule is CCCC(F)(CC(C)(C)CC)C(N)=O. The molecular weight excluding hydrogens is 181 g/mol. The van der Waals surface area contributed by atoms with Gasteiger partial charge in [0.25, 0.3) is 5.91 Å². The van der Waals surface area contributed by atoms with Gasteiger partial charge in [-0.2, -0.15) is 0 Å². The highest BCUT2D eigenvalue weighted by Crippen LogP contribution is 2.35. The van der Waals surface area contributed by atoms with Gasteiger partial charge in [-0.3, -0.25) is 4.79 Å². The van der Waals surface area contributed by atoms with E-state index < -0.39 is 11.6 Å². The molecule has 2 nitrogen and oxygen atoms in total. The summed E-state index contributed by atoms with van der Waals surface area (Å²) in [5, 5.41) is 0. The van der Waals surface area contributed by atoms with Gasteiger partial charge < -0.3 is 5.73 Å². The number of rotatable bonds is 6. The van der Waals surface area contributed by atoms with E-state index in [9.17, 15) is 9.18 Å². The lowest BCUT2D eigenvalue weighted by Crippen LogP contribution is -2.43. The topological polar surface area (TPSA) is 43.1 Å². The second kappa shape index (κ2) is 4.76. The second-order valence-corrected chi connectivity index (χ2v) is 4.77. The van der Waals surface area contributed by atoms with Crippen LogP contribution in [-0.4, -0.2) is 11.6 Å². The summed E-state index contributed by atoms with van der Waals surface area (Å²) in [6.07, 6.45) is 1.93. The maximum absolute atomic E-state index is 14.1.